The van der Waals surface area contributed by atoms with Crippen LogP contribution in [0.1, 0.15) is 15.2 Å². The molecule has 0 unspecified atom stereocenters. The normalized spacial score (nSPS) is 10.3. The van der Waals surface area contributed by atoms with Crippen molar-refractivity contribution in [1.29, 1.82) is 0 Å². The molecular weight excluding hydrogens is 316 g/mol. The Hall–Kier alpha value is -1.53. The average molecular weight is 327 g/mol. The van der Waals surface area contributed by atoms with Crippen LogP contribution in [0.5, 0.6) is 0 Å². The summed E-state index contributed by atoms with van der Waals surface area (Å²) in [6, 6.07) is 6.65. The number of thiophene rings is 1. The van der Waals surface area contributed by atoms with Crippen LogP contribution in [-0.4, -0.2) is 11.1 Å². The third-order valence-electron chi connectivity index (χ3n) is 2.43. The first-order valence-electron chi connectivity index (χ1n) is 5.16. The van der Waals surface area contributed by atoms with Gasteiger partial charge in [0.15, 0.2) is 0 Å². The van der Waals surface area contributed by atoms with E-state index in [0.717, 1.165) is 15.0 Å². The van der Waals surface area contributed by atoms with E-state index in [9.17, 15) is 4.79 Å². The number of halogens is 1. The molecule has 1 heterocycles. The second-order valence-corrected chi connectivity index (χ2v) is 5.51. The van der Waals surface area contributed by atoms with E-state index in [1.165, 1.54) is 12.1 Å². The SMILES string of the molecule is Nc1cc(C(=O)O)ccc1NCc1sccc1Br. The second-order valence-electron chi connectivity index (χ2n) is 3.65. The smallest absolute Gasteiger partial charge is 0.335 e. The quantitative estimate of drug-likeness (QED) is 0.752. The average Bonchev–Trinajstić information content (AvgIpc) is 2.73. The topological polar surface area (TPSA) is 75.4 Å². The van der Waals surface area contributed by atoms with Gasteiger partial charge in [0.25, 0.3) is 0 Å². The fourth-order valence-electron chi connectivity index (χ4n) is 1.48. The molecule has 0 fully saturated rings. The van der Waals surface area contributed by atoms with Crippen LogP contribution in [0.2, 0.25) is 0 Å². The van der Waals surface area contributed by atoms with Gasteiger partial charge in [-0.15, -0.1) is 11.3 Å². The number of carboxylic acids is 1. The fourth-order valence-corrected chi connectivity index (χ4v) is 2.92. The van der Waals surface area contributed by atoms with Gasteiger partial charge in [0, 0.05) is 9.35 Å². The Morgan fingerprint density at radius 2 is 2.22 bits per heavy atom. The molecule has 0 bridgehead atoms. The zero-order valence-corrected chi connectivity index (χ0v) is 11.7. The van der Waals surface area contributed by atoms with Gasteiger partial charge in [-0.2, -0.15) is 0 Å². The summed E-state index contributed by atoms with van der Waals surface area (Å²) in [6.07, 6.45) is 0. The summed E-state index contributed by atoms with van der Waals surface area (Å²) in [6.45, 7) is 0.648. The van der Waals surface area contributed by atoms with Crippen LogP contribution in [-0.2, 0) is 6.54 Å². The Labute approximate surface area is 117 Å². The predicted molar refractivity (Wildman–Crippen MR) is 77.2 cm³/mol. The largest absolute Gasteiger partial charge is 0.478 e. The van der Waals surface area contributed by atoms with Crippen LogP contribution in [0.15, 0.2) is 34.1 Å². The van der Waals surface area contributed by atoms with Crippen molar-refractivity contribution in [1.82, 2.24) is 0 Å². The van der Waals surface area contributed by atoms with Crippen molar-refractivity contribution in [2.45, 2.75) is 6.54 Å². The van der Waals surface area contributed by atoms with Gasteiger partial charge in [0.2, 0.25) is 0 Å². The fraction of sp³-hybridized carbons (Fsp3) is 0.0833. The lowest BCUT2D eigenvalue weighted by Crippen LogP contribution is -2.04. The first-order chi connectivity index (χ1) is 8.58. The van der Waals surface area contributed by atoms with E-state index in [1.807, 2.05) is 11.4 Å². The number of hydrogen-bond acceptors (Lipinski definition) is 4. The number of carbonyl (C=O) groups is 1. The van der Waals surface area contributed by atoms with E-state index in [0.29, 0.717) is 12.2 Å². The Morgan fingerprint density at radius 1 is 1.44 bits per heavy atom. The highest BCUT2D eigenvalue weighted by Gasteiger charge is 2.07. The van der Waals surface area contributed by atoms with Gasteiger partial charge in [-0.1, -0.05) is 0 Å². The van der Waals surface area contributed by atoms with Crippen LogP contribution in [0.4, 0.5) is 11.4 Å². The van der Waals surface area contributed by atoms with Gasteiger partial charge >= 0.3 is 5.97 Å². The second kappa shape index (κ2) is 5.41. The highest BCUT2D eigenvalue weighted by Crippen LogP contribution is 2.25. The van der Waals surface area contributed by atoms with E-state index in [-0.39, 0.29) is 5.56 Å². The Balaban J connectivity index is 2.11. The molecule has 1 aromatic carbocycles. The molecule has 0 aliphatic carbocycles. The Morgan fingerprint density at radius 3 is 2.78 bits per heavy atom. The minimum absolute atomic E-state index is 0.190. The van der Waals surface area contributed by atoms with Crippen LogP contribution in [0.25, 0.3) is 0 Å². The van der Waals surface area contributed by atoms with E-state index in [1.54, 1.807) is 17.4 Å². The Bertz CT molecular complexity index is 583. The molecular formula is C12H11BrN2O2S. The molecule has 2 rings (SSSR count). The number of aromatic carboxylic acids is 1. The summed E-state index contributed by atoms with van der Waals surface area (Å²) >= 11 is 5.09. The first kappa shape index (κ1) is 12.9. The zero-order chi connectivity index (χ0) is 13.1. The van der Waals surface area contributed by atoms with E-state index in [2.05, 4.69) is 21.2 Å². The highest BCUT2D eigenvalue weighted by atomic mass is 79.9. The monoisotopic (exact) mass is 326 g/mol. The van der Waals surface area contributed by atoms with Crippen molar-refractivity contribution in [2.24, 2.45) is 0 Å². The van der Waals surface area contributed by atoms with Crippen molar-refractivity contribution in [3.63, 3.8) is 0 Å². The summed E-state index contributed by atoms with van der Waals surface area (Å²) in [5, 5.41) is 14.0. The number of benzene rings is 1. The number of anilines is 2. The molecule has 0 atom stereocenters. The molecule has 1 aromatic heterocycles. The van der Waals surface area contributed by atoms with E-state index >= 15 is 0 Å². The third kappa shape index (κ3) is 2.83. The molecule has 0 saturated heterocycles. The molecule has 0 aliphatic rings. The van der Waals surface area contributed by atoms with Crippen molar-refractivity contribution >= 4 is 44.6 Å². The van der Waals surface area contributed by atoms with Crippen LogP contribution >= 0.6 is 27.3 Å². The summed E-state index contributed by atoms with van der Waals surface area (Å²) in [5.41, 5.74) is 7.16. The lowest BCUT2D eigenvalue weighted by Gasteiger charge is -2.09. The molecule has 4 nitrogen and oxygen atoms in total. The number of nitrogens with one attached hydrogen (secondary N) is 1. The molecule has 0 spiro atoms. The summed E-state index contributed by atoms with van der Waals surface area (Å²) < 4.78 is 1.06. The van der Waals surface area contributed by atoms with Gasteiger partial charge in [-0.25, -0.2) is 4.79 Å². The summed E-state index contributed by atoms with van der Waals surface area (Å²) in [7, 11) is 0. The molecule has 0 aliphatic heterocycles. The standard InChI is InChI=1S/C12H11BrN2O2S/c13-8-3-4-18-11(8)6-15-10-2-1-7(12(16)17)5-9(10)14/h1-5,15H,6,14H2,(H,16,17). The molecule has 0 amide bonds. The number of nitrogen functional groups attached to an aromatic ring is 1. The number of rotatable bonds is 4. The molecule has 0 radical (unpaired) electrons. The van der Waals surface area contributed by atoms with E-state index in [4.69, 9.17) is 10.8 Å². The molecule has 4 N–H and O–H groups in total. The van der Waals surface area contributed by atoms with Crippen molar-refractivity contribution in [3.8, 4) is 0 Å². The van der Waals surface area contributed by atoms with Gasteiger partial charge in [0.05, 0.1) is 23.5 Å². The van der Waals surface area contributed by atoms with Gasteiger partial charge in [-0.3, -0.25) is 0 Å². The van der Waals surface area contributed by atoms with E-state index < -0.39 is 5.97 Å². The summed E-state index contributed by atoms with van der Waals surface area (Å²) in [5.74, 6) is -0.978. The van der Waals surface area contributed by atoms with Crippen LogP contribution in [0, 0.1) is 0 Å². The maximum atomic E-state index is 10.8. The van der Waals surface area contributed by atoms with Crippen molar-refractivity contribution in [2.75, 3.05) is 11.1 Å². The van der Waals surface area contributed by atoms with Crippen molar-refractivity contribution < 1.29 is 9.90 Å². The molecule has 6 heteroatoms. The lowest BCUT2D eigenvalue weighted by molar-refractivity contribution is 0.0697. The first-order valence-corrected chi connectivity index (χ1v) is 6.84. The van der Waals surface area contributed by atoms with Gasteiger partial charge in [0.1, 0.15) is 0 Å². The maximum Gasteiger partial charge on any atom is 0.335 e. The van der Waals surface area contributed by atoms with Crippen LogP contribution in [0.3, 0.4) is 0 Å². The predicted octanol–water partition coefficient (Wildman–Crippen LogP) is 3.40. The van der Waals surface area contributed by atoms with Gasteiger partial charge < -0.3 is 16.2 Å². The van der Waals surface area contributed by atoms with Crippen LogP contribution < -0.4 is 11.1 Å². The third-order valence-corrected chi connectivity index (χ3v) is 4.36. The van der Waals surface area contributed by atoms with Crippen molar-refractivity contribution in [3.05, 3.63) is 44.6 Å². The zero-order valence-electron chi connectivity index (χ0n) is 9.31. The maximum absolute atomic E-state index is 10.8. The molecule has 94 valence electrons. The van der Waals surface area contributed by atoms with Gasteiger partial charge in [-0.05, 0) is 45.6 Å². The summed E-state index contributed by atoms with van der Waals surface area (Å²) in [4.78, 5) is 11.9. The molecule has 2 aromatic rings. The highest BCUT2D eigenvalue weighted by molar-refractivity contribution is 9.10. The lowest BCUT2D eigenvalue weighted by atomic mass is 10.1. The molecule has 18 heavy (non-hydrogen) atoms. The number of nitrogens with two attached hydrogens (primary N) is 1. The Kier molecular flexibility index (Phi) is 3.88. The number of carboxylic acid groups (broad SMARTS) is 1. The number of hydrogen-bond donors (Lipinski definition) is 3. The minimum Gasteiger partial charge on any atom is -0.478 e. The minimum atomic E-state index is -0.978. The molecule has 0 saturated carbocycles.